The number of aromatic amines is 1. The summed E-state index contributed by atoms with van der Waals surface area (Å²) in [5, 5.41) is 2.90. The third-order valence-corrected chi connectivity index (χ3v) is 5.41. The van der Waals surface area contributed by atoms with Gasteiger partial charge in [-0.15, -0.1) is 0 Å². The van der Waals surface area contributed by atoms with Crippen LogP contribution in [-0.2, 0) is 4.79 Å². The van der Waals surface area contributed by atoms with Gasteiger partial charge in [-0.2, -0.15) is 0 Å². The van der Waals surface area contributed by atoms with Gasteiger partial charge in [0.25, 0.3) is 11.8 Å². The Labute approximate surface area is 175 Å². The number of imidazole rings is 1. The zero-order valence-electron chi connectivity index (χ0n) is 15.7. The van der Waals surface area contributed by atoms with E-state index in [4.69, 9.17) is 0 Å². The number of hydrogen-bond donors (Lipinski definition) is 2. The van der Waals surface area contributed by atoms with Crippen LogP contribution in [0.5, 0.6) is 0 Å². The number of amides is 3. The molecule has 0 saturated heterocycles. The fourth-order valence-electron chi connectivity index (χ4n) is 3.42. The van der Waals surface area contributed by atoms with Crippen LogP contribution in [0.1, 0.15) is 52.3 Å². The van der Waals surface area contributed by atoms with E-state index in [1.54, 1.807) is 18.2 Å². The summed E-state index contributed by atoms with van der Waals surface area (Å²) in [6.45, 7) is 2.06. The minimum atomic E-state index is -0.317. The Morgan fingerprint density at radius 3 is 2.72 bits per heavy atom. The first-order chi connectivity index (χ1) is 13.9. The Kier molecular flexibility index (Phi) is 5.19. The van der Waals surface area contributed by atoms with E-state index in [2.05, 4.69) is 31.2 Å². The number of fused-ring (bicyclic) bond motifs is 2. The van der Waals surface area contributed by atoms with Gasteiger partial charge in [-0.25, -0.2) is 4.98 Å². The molecule has 29 heavy (non-hydrogen) atoms. The molecule has 1 atom stereocenters. The second-order valence-corrected chi connectivity index (χ2v) is 7.90. The average Bonchev–Trinajstić information content (AvgIpc) is 3.23. The number of hydrogen-bond acceptors (Lipinski definition) is 4. The molecule has 0 aliphatic carbocycles. The smallest absolute Gasteiger partial charge is 0.261 e. The van der Waals surface area contributed by atoms with Gasteiger partial charge in [0, 0.05) is 17.4 Å². The van der Waals surface area contributed by atoms with E-state index in [0.29, 0.717) is 23.4 Å². The third-order valence-electron chi connectivity index (χ3n) is 4.91. The summed E-state index contributed by atoms with van der Waals surface area (Å²) in [6.07, 6.45) is 0.604. The summed E-state index contributed by atoms with van der Waals surface area (Å²) in [7, 11) is 0. The number of H-pyrrole nitrogens is 1. The number of nitrogens with one attached hydrogen (secondary N) is 2. The van der Waals surface area contributed by atoms with Crippen molar-refractivity contribution in [3.63, 3.8) is 0 Å². The Balaban J connectivity index is 1.31. The number of rotatable bonds is 6. The maximum Gasteiger partial charge on any atom is 0.261 e. The van der Waals surface area contributed by atoms with Crippen molar-refractivity contribution in [2.45, 2.75) is 25.8 Å². The van der Waals surface area contributed by atoms with Gasteiger partial charge < -0.3 is 10.3 Å². The first-order valence-electron chi connectivity index (χ1n) is 9.34. The van der Waals surface area contributed by atoms with Crippen LogP contribution in [0.4, 0.5) is 0 Å². The van der Waals surface area contributed by atoms with Crippen molar-refractivity contribution in [2.75, 3.05) is 6.54 Å². The lowest BCUT2D eigenvalue weighted by atomic mass is 10.1. The van der Waals surface area contributed by atoms with Crippen molar-refractivity contribution in [3.05, 3.63) is 63.9 Å². The summed E-state index contributed by atoms with van der Waals surface area (Å²) in [5.74, 6) is -0.0984. The molecule has 0 saturated carbocycles. The molecular formula is C21H19BrN4O3. The molecule has 8 heteroatoms. The minimum absolute atomic E-state index is 0.155. The normalized spacial score (nSPS) is 14.3. The number of carbonyl (C=O) groups excluding carboxylic acids is 3. The number of nitrogens with zero attached hydrogens (tertiary/aromatic N) is 2. The second-order valence-electron chi connectivity index (χ2n) is 6.98. The molecule has 3 amide bonds. The van der Waals surface area contributed by atoms with E-state index in [9.17, 15) is 14.4 Å². The molecule has 2 N–H and O–H groups in total. The van der Waals surface area contributed by atoms with Gasteiger partial charge >= 0.3 is 0 Å². The fraction of sp³-hybridized carbons (Fsp3) is 0.238. The quantitative estimate of drug-likeness (QED) is 0.556. The zero-order chi connectivity index (χ0) is 20.5. The number of benzene rings is 2. The van der Waals surface area contributed by atoms with Crippen molar-refractivity contribution in [1.29, 1.82) is 0 Å². The van der Waals surface area contributed by atoms with Crippen LogP contribution in [0.3, 0.4) is 0 Å². The fourth-order valence-corrected chi connectivity index (χ4v) is 3.78. The van der Waals surface area contributed by atoms with Crippen molar-refractivity contribution in [2.24, 2.45) is 0 Å². The van der Waals surface area contributed by atoms with Crippen molar-refractivity contribution in [1.82, 2.24) is 20.2 Å². The van der Waals surface area contributed by atoms with Crippen molar-refractivity contribution in [3.8, 4) is 0 Å². The standard InChI is InChI=1S/C21H19BrN4O3/c1-12(19-24-16-5-2-3-6-17(16)25-19)23-18(27)7-4-10-26-20(28)14-9-8-13(22)11-15(14)21(26)29/h2-3,5-6,8-9,11-12H,4,7,10H2,1H3,(H,23,27)(H,24,25). The van der Waals surface area contributed by atoms with Gasteiger partial charge in [0.15, 0.2) is 0 Å². The van der Waals surface area contributed by atoms with Crippen LogP contribution in [0.25, 0.3) is 11.0 Å². The van der Waals surface area contributed by atoms with Gasteiger partial charge in [0.2, 0.25) is 5.91 Å². The number of carbonyl (C=O) groups is 3. The van der Waals surface area contributed by atoms with E-state index in [0.717, 1.165) is 15.5 Å². The lowest BCUT2D eigenvalue weighted by molar-refractivity contribution is -0.121. The summed E-state index contributed by atoms with van der Waals surface area (Å²) < 4.78 is 0.748. The summed E-state index contributed by atoms with van der Waals surface area (Å²) in [6, 6.07) is 12.4. The second kappa shape index (κ2) is 7.79. The molecule has 2 aromatic carbocycles. The lowest BCUT2D eigenvalue weighted by Gasteiger charge is -2.15. The minimum Gasteiger partial charge on any atom is -0.346 e. The predicted octanol–water partition coefficient (Wildman–Crippen LogP) is 3.58. The topological polar surface area (TPSA) is 95.2 Å². The molecule has 1 aromatic heterocycles. The molecule has 7 nitrogen and oxygen atoms in total. The number of aromatic nitrogens is 2. The van der Waals surface area contributed by atoms with Crippen LogP contribution in [0.2, 0.25) is 0 Å². The zero-order valence-corrected chi connectivity index (χ0v) is 17.3. The highest BCUT2D eigenvalue weighted by Gasteiger charge is 2.35. The highest BCUT2D eigenvalue weighted by atomic mass is 79.9. The van der Waals surface area contributed by atoms with Crippen LogP contribution in [0.15, 0.2) is 46.9 Å². The van der Waals surface area contributed by atoms with Gasteiger partial charge in [-0.3, -0.25) is 19.3 Å². The van der Waals surface area contributed by atoms with Crippen molar-refractivity contribution < 1.29 is 14.4 Å². The first kappa shape index (κ1) is 19.3. The van der Waals surface area contributed by atoms with Crippen LogP contribution in [0, 0.1) is 0 Å². The van der Waals surface area contributed by atoms with E-state index < -0.39 is 0 Å². The molecule has 2 heterocycles. The molecular weight excluding hydrogens is 436 g/mol. The van der Waals surface area contributed by atoms with E-state index in [1.165, 1.54) is 4.90 Å². The molecule has 148 valence electrons. The molecule has 1 unspecified atom stereocenters. The largest absolute Gasteiger partial charge is 0.346 e. The van der Waals surface area contributed by atoms with Gasteiger partial charge in [-0.05, 0) is 43.7 Å². The number of para-hydroxylation sites is 2. The lowest BCUT2D eigenvalue weighted by Crippen LogP contribution is -2.32. The molecule has 1 aliphatic heterocycles. The molecule has 3 aromatic rings. The Morgan fingerprint density at radius 1 is 1.17 bits per heavy atom. The summed E-state index contributed by atoms with van der Waals surface area (Å²) in [4.78, 5) is 46.1. The van der Waals surface area contributed by atoms with Gasteiger partial charge in [-0.1, -0.05) is 28.1 Å². The maximum atomic E-state index is 12.5. The highest BCUT2D eigenvalue weighted by molar-refractivity contribution is 9.10. The maximum absolute atomic E-state index is 12.5. The van der Waals surface area contributed by atoms with Crippen molar-refractivity contribution >= 4 is 44.7 Å². The Bertz CT molecular complexity index is 1090. The van der Waals surface area contributed by atoms with Crippen LogP contribution in [-0.4, -0.2) is 39.1 Å². The molecule has 0 fully saturated rings. The number of halogens is 1. The number of imide groups is 1. The average molecular weight is 455 g/mol. The third kappa shape index (κ3) is 3.80. The van der Waals surface area contributed by atoms with E-state index in [-0.39, 0.29) is 36.7 Å². The molecule has 1 aliphatic rings. The van der Waals surface area contributed by atoms with Gasteiger partial charge in [0.05, 0.1) is 28.2 Å². The molecule has 4 rings (SSSR count). The molecule has 0 spiro atoms. The Morgan fingerprint density at radius 2 is 1.93 bits per heavy atom. The van der Waals surface area contributed by atoms with Crippen LogP contribution >= 0.6 is 15.9 Å². The Hall–Kier alpha value is -3.00. The first-order valence-corrected chi connectivity index (χ1v) is 10.1. The predicted molar refractivity (Wildman–Crippen MR) is 111 cm³/mol. The monoisotopic (exact) mass is 454 g/mol. The van der Waals surface area contributed by atoms with Gasteiger partial charge in [0.1, 0.15) is 5.82 Å². The van der Waals surface area contributed by atoms with E-state index in [1.807, 2.05) is 31.2 Å². The molecule has 0 radical (unpaired) electrons. The molecule has 0 bridgehead atoms. The summed E-state index contributed by atoms with van der Waals surface area (Å²) in [5.41, 5.74) is 2.57. The van der Waals surface area contributed by atoms with E-state index >= 15 is 0 Å². The highest BCUT2D eigenvalue weighted by Crippen LogP contribution is 2.26. The van der Waals surface area contributed by atoms with Crippen LogP contribution < -0.4 is 5.32 Å². The summed E-state index contributed by atoms with van der Waals surface area (Å²) >= 11 is 3.31. The SMILES string of the molecule is CC(NC(=O)CCCN1C(=O)c2ccc(Br)cc2C1=O)c1nc2ccccc2[nH]1.